The third-order valence-corrected chi connectivity index (χ3v) is 1.75. The van der Waals surface area contributed by atoms with Crippen LogP contribution in [0.4, 0.5) is 0 Å². The molecule has 0 aliphatic rings. The maximum atomic E-state index is 11.0. The molecule has 0 bridgehead atoms. The van der Waals surface area contributed by atoms with E-state index in [-0.39, 0.29) is 5.92 Å². The maximum absolute atomic E-state index is 11.0. The molecule has 0 atom stereocenters. The summed E-state index contributed by atoms with van der Waals surface area (Å²) in [5.74, 6) is 0.376. The lowest BCUT2D eigenvalue weighted by atomic mass is 10.1. The summed E-state index contributed by atoms with van der Waals surface area (Å²) in [6.07, 6.45) is 1.49. The second-order valence-electron chi connectivity index (χ2n) is 3.24. The Morgan fingerprint density at radius 2 is 2.15 bits per heavy atom. The van der Waals surface area contributed by atoms with E-state index in [1.165, 1.54) is 6.20 Å². The van der Waals surface area contributed by atoms with Crippen molar-refractivity contribution < 1.29 is 4.79 Å². The van der Waals surface area contributed by atoms with Crippen LogP contribution in [0.15, 0.2) is 6.20 Å². The molecule has 0 fully saturated rings. The van der Waals surface area contributed by atoms with Crippen LogP contribution in [0.3, 0.4) is 0 Å². The summed E-state index contributed by atoms with van der Waals surface area (Å²) in [4.78, 5) is 19.1. The first-order chi connectivity index (χ1) is 6.02. The van der Waals surface area contributed by atoms with E-state index < -0.39 is 5.91 Å². The Kier molecular flexibility index (Phi) is 2.60. The average molecular weight is 179 g/mol. The maximum Gasteiger partial charge on any atom is 0.252 e. The number of rotatable bonds is 2. The van der Waals surface area contributed by atoms with Gasteiger partial charge in [-0.15, -0.1) is 0 Å². The molecule has 1 aromatic heterocycles. The molecule has 1 amide bonds. The molecule has 0 unspecified atom stereocenters. The Bertz CT molecular complexity index is 334. The van der Waals surface area contributed by atoms with E-state index in [4.69, 9.17) is 5.73 Å². The van der Waals surface area contributed by atoms with Gasteiger partial charge in [0.2, 0.25) is 0 Å². The Morgan fingerprint density at radius 1 is 1.54 bits per heavy atom. The molecule has 0 radical (unpaired) electrons. The second kappa shape index (κ2) is 3.51. The molecule has 0 saturated carbocycles. The fourth-order valence-corrected chi connectivity index (χ4v) is 1.12. The third kappa shape index (κ3) is 2.02. The third-order valence-electron chi connectivity index (χ3n) is 1.75. The van der Waals surface area contributed by atoms with E-state index in [0.29, 0.717) is 11.4 Å². The van der Waals surface area contributed by atoms with E-state index in [0.717, 1.165) is 5.69 Å². The second-order valence-corrected chi connectivity index (χ2v) is 3.24. The van der Waals surface area contributed by atoms with Gasteiger partial charge in [-0.05, 0) is 12.8 Å². The molecule has 1 heterocycles. The van der Waals surface area contributed by atoms with Crippen LogP contribution in [0.25, 0.3) is 0 Å². The normalized spacial score (nSPS) is 10.5. The molecule has 0 saturated heterocycles. The van der Waals surface area contributed by atoms with Gasteiger partial charge in [0.15, 0.2) is 0 Å². The molecule has 4 nitrogen and oxygen atoms in total. The van der Waals surface area contributed by atoms with Crippen molar-refractivity contribution in [3.63, 3.8) is 0 Å². The predicted octanol–water partition coefficient (Wildman–Crippen LogP) is 1.01. The minimum Gasteiger partial charge on any atom is -0.365 e. The smallest absolute Gasteiger partial charge is 0.252 e. The number of nitrogens with zero attached hydrogens (tertiary/aromatic N) is 2. The predicted molar refractivity (Wildman–Crippen MR) is 49.4 cm³/mol. The van der Waals surface area contributed by atoms with Gasteiger partial charge in [-0.2, -0.15) is 0 Å². The molecule has 1 rings (SSSR count). The topological polar surface area (TPSA) is 68.9 Å². The Balaban J connectivity index is 3.26. The molecule has 2 N–H and O–H groups in total. The van der Waals surface area contributed by atoms with Gasteiger partial charge in [0.05, 0.1) is 11.3 Å². The van der Waals surface area contributed by atoms with Crippen LogP contribution in [0.1, 0.15) is 41.6 Å². The van der Waals surface area contributed by atoms with Gasteiger partial charge in [0, 0.05) is 6.20 Å². The van der Waals surface area contributed by atoms with Crippen molar-refractivity contribution in [3.05, 3.63) is 23.3 Å². The van der Waals surface area contributed by atoms with Crippen molar-refractivity contribution in [1.82, 2.24) is 9.97 Å². The minimum atomic E-state index is -0.469. The summed E-state index contributed by atoms with van der Waals surface area (Å²) >= 11 is 0. The van der Waals surface area contributed by atoms with Crippen molar-refractivity contribution in [1.29, 1.82) is 0 Å². The van der Waals surface area contributed by atoms with Crippen molar-refractivity contribution in [2.24, 2.45) is 5.73 Å². The molecular weight excluding hydrogens is 166 g/mol. The van der Waals surface area contributed by atoms with Gasteiger partial charge in [-0.3, -0.25) is 4.79 Å². The summed E-state index contributed by atoms with van der Waals surface area (Å²) in [5.41, 5.74) is 6.32. The van der Waals surface area contributed by atoms with Crippen LogP contribution in [0.5, 0.6) is 0 Å². The Morgan fingerprint density at radius 3 is 2.62 bits per heavy atom. The average Bonchev–Trinajstić information content (AvgIpc) is 2.03. The summed E-state index contributed by atoms with van der Waals surface area (Å²) in [6, 6.07) is 0. The van der Waals surface area contributed by atoms with Crippen LogP contribution < -0.4 is 5.73 Å². The zero-order valence-corrected chi connectivity index (χ0v) is 8.03. The summed E-state index contributed by atoms with van der Waals surface area (Å²) < 4.78 is 0. The minimum absolute atomic E-state index is 0.184. The van der Waals surface area contributed by atoms with Gasteiger partial charge in [0.1, 0.15) is 5.82 Å². The van der Waals surface area contributed by atoms with Crippen LogP contribution >= 0.6 is 0 Å². The van der Waals surface area contributed by atoms with E-state index in [2.05, 4.69) is 9.97 Å². The number of carbonyl (C=O) groups excluding carboxylic acids is 1. The number of hydrogen-bond acceptors (Lipinski definition) is 3. The number of aryl methyl sites for hydroxylation is 1. The van der Waals surface area contributed by atoms with Gasteiger partial charge in [-0.25, -0.2) is 9.97 Å². The molecule has 0 aliphatic carbocycles. The van der Waals surface area contributed by atoms with Crippen molar-refractivity contribution in [2.45, 2.75) is 26.7 Å². The molecule has 0 aliphatic heterocycles. The van der Waals surface area contributed by atoms with Gasteiger partial charge >= 0.3 is 0 Å². The van der Waals surface area contributed by atoms with E-state index in [9.17, 15) is 4.79 Å². The van der Waals surface area contributed by atoms with Crippen molar-refractivity contribution in [2.75, 3.05) is 0 Å². The fourth-order valence-electron chi connectivity index (χ4n) is 1.12. The fraction of sp³-hybridized carbons (Fsp3) is 0.444. The zero-order valence-electron chi connectivity index (χ0n) is 8.03. The van der Waals surface area contributed by atoms with Crippen LogP contribution in [0.2, 0.25) is 0 Å². The first-order valence-corrected chi connectivity index (χ1v) is 4.15. The lowest BCUT2D eigenvalue weighted by Crippen LogP contribution is -2.16. The van der Waals surface area contributed by atoms with E-state index in [1.54, 1.807) is 6.92 Å². The highest BCUT2D eigenvalue weighted by Gasteiger charge is 2.13. The molecule has 70 valence electrons. The molecule has 4 heteroatoms. The SMILES string of the molecule is Cc1ncc(C(N)=O)c(C(C)C)n1. The first kappa shape index (κ1) is 9.64. The van der Waals surface area contributed by atoms with Crippen LogP contribution in [-0.2, 0) is 0 Å². The molecule has 0 aromatic carbocycles. The Hall–Kier alpha value is -1.45. The lowest BCUT2D eigenvalue weighted by Gasteiger charge is -2.08. The number of aromatic nitrogens is 2. The van der Waals surface area contributed by atoms with E-state index >= 15 is 0 Å². The molecule has 13 heavy (non-hydrogen) atoms. The summed E-state index contributed by atoms with van der Waals surface area (Å²) in [5, 5.41) is 0. The number of amides is 1. The molecular formula is C9H13N3O. The zero-order chi connectivity index (χ0) is 10.0. The van der Waals surface area contributed by atoms with Gasteiger partial charge < -0.3 is 5.73 Å². The van der Waals surface area contributed by atoms with Gasteiger partial charge in [-0.1, -0.05) is 13.8 Å². The first-order valence-electron chi connectivity index (χ1n) is 4.15. The number of primary amides is 1. The standard InChI is InChI=1S/C9H13N3O/c1-5(2)8-7(9(10)13)4-11-6(3)12-8/h4-5H,1-3H3,(H2,10,13). The van der Waals surface area contributed by atoms with Crippen LogP contribution in [-0.4, -0.2) is 15.9 Å². The Labute approximate surface area is 77.2 Å². The van der Waals surface area contributed by atoms with E-state index in [1.807, 2.05) is 13.8 Å². The van der Waals surface area contributed by atoms with Crippen molar-refractivity contribution >= 4 is 5.91 Å². The summed E-state index contributed by atoms with van der Waals surface area (Å²) in [7, 11) is 0. The highest BCUT2D eigenvalue weighted by molar-refractivity contribution is 5.93. The quantitative estimate of drug-likeness (QED) is 0.736. The number of nitrogens with two attached hydrogens (primary N) is 1. The summed E-state index contributed by atoms with van der Waals surface area (Å²) in [6.45, 7) is 5.72. The highest BCUT2D eigenvalue weighted by Crippen LogP contribution is 2.15. The molecule has 1 aromatic rings. The van der Waals surface area contributed by atoms with Gasteiger partial charge in [0.25, 0.3) is 5.91 Å². The number of carbonyl (C=O) groups is 1. The largest absolute Gasteiger partial charge is 0.365 e. The lowest BCUT2D eigenvalue weighted by molar-refractivity contribution is 0.0998. The highest BCUT2D eigenvalue weighted by atomic mass is 16.1. The monoisotopic (exact) mass is 179 g/mol. The molecule has 0 spiro atoms. The van der Waals surface area contributed by atoms with Crippen LogP contribution in [0, 0.1) is 6.92 Å². The number of hydrogen-bond donors (Lipinski definition) is 1. The van der Waals surface area contributed by atoms with Crippen molar-refractivity contribution in [3.8, 4) is 0 Å².